The summed E-state index contributed by atoms with van der Waals surface area (Å²) in [4.78, 5) is 0. The lowest BCUT2D eigenvalue weighted by atomic mass is 10.1. The van der Waals surface area contributed by atoms with Crippen molar-refractivity contribution in [2.24, 2.45) is 0 Å². The van der Waals surface area contributed by atoms with E-state index in [1.165, 1.54) is 0 Å². The molecule has 0 radical (unpaired) electrons. The zero-order valence-electron chi connectivity index (χ0n) is 11.3. The Bertz CT molecular complexity index is 547. The number of hydrogen-bond acceptors (Lipinski definition) is 2. The van der Waals surface area contributed by atoms with Gasteiger partial charge in [-0.05, 0) is 37.0 Å². The molecular weight excluding hydrogens is 371 g/mol. The number of hydrogen-bond donors (Lipinski definition) is 1. The SMILES string of the molecule is O=S(=O)(CCCC(F)(F)F)Nc1cccc(CCCBr)c1. The van der Waals surface area contributed by atoms with Crippen LogP contribution in [0.3, 0.4) is 0 Å². The second-order valence-corrected chi connectivity index (χ2v) is 7.27. The van der Waals surface area contributed by atoms with Crippen molar-refractivity contribution in [3.05, 3.63) is 29.8 Å². The summed E-state index contributed by atoms with van der Waals surface area (Å²) >= 11 is 3.32. The molecule has 0 aliphatic carbocycles. The first-order chi connectivity index (χ1) is 9.72. The van der Waals surface area contributed by atoms with Crippen LogP contribution in [0.15, 0.2) is 24.3 Å². The number of aryl methyl sites for hydroxylation is 1. The molecule has 0 fully saturated rings. The first-order valence-electron chi connectivity index (χ1n) is 6.44. The third-order valence-corrected chi connectivity index (χ3v) is 4.61. The Morgan fingerprint density at radius 3 is 2.52 bits per heavy atom. The van der Waals surface area contributed by atoms with Crippen LogP contribution in [0, 0.1) is 0 Å². The monoisotopic (exact) mass is 387 g/mol. The standard InChI is InChI=1S/C13H17BrF3NO2S/c14-8-2-5-11-4-1-6-12(10-11)18-21(19,20)9-3-7-13(15,16)17/h1,4,6,10,18H,2-3,5,7-9H2. The van der Waals surface area contributed by atoms with Crippen molar-refractivity contribution in [1.29, 1.82) is 0 Å². The minimum atomic E-state index is -4.33. The molecule has 1 N–H and O–H groups in total. The predicted octanol–water partition coefficient (Wildman–Crippen LogP) is 4.10. The molecule has 1 rings (SSSR count). The summed E-state index contributed by atoms with van der Waals surface area (Å²) in [6.07, 6.45) is -4.15. The summed E-state index contributed by atoms with van der Waals surface area (Å²) in [5.41, 5.74) is 1.36. The average Bonchev–Trinajstić information content (AvgIpc) is 2.34. The Morgan fingerprint density at radius 1 is 1.19 bits per heavy atom. The Hall–Kier alpha value is -0.760. The molecule has 0 aliphatic rings. The lowest BCUT2D eigenvalue weighted by Crippen LogP contribution is -2.18. The maximum absolute atomic E-state index is 12.0. The molecule has 0 unspecified atom stereocenters. The van der Waals surface area contributed by atoms with E-state index in [1.807, 2.05) is 6.07 Å². The summed E-state index contributed by atoms with van der Waals surface area (Å²) in [7, 11) is -3.75. The van der Waals surface area contributed by atoms with Crippen molar-refractivity contribution in [2.45, 2.75) is 31.9 Å². The van der Waals surface area contributed by atoms with Gasteiger partial charge in [0.25, 0.3) is 0 Å². The van der Waals surface area contributed by atoms with E-state index >= 15 is 0 Å². The smallest absolute Gasteiger partial charge is 0.284 e. The van der Waals surface area contributed by atoms with Crippen LogP contribution in [-0.4, -0.2) is 25.7 Å². The van der Waals surface area contributed by atoms with E-state index < -0.39 is 34.8 Å². The van der Waals surface area contributed by atoms with Gasteiger partial charge in [-0.25, -0.2) is 8.42 Å². The summed E-state index contributed by atoms with van der Waals surface area (Å²) in [5, 5.41) is 0.848. The van der Waals surface area contributed by atoms with E-state index in [2.05, 4.69) is 20.7 Å². The van der Waals surface area contributed by atoms with Gasteiger partial charge in [0, 0.05) is 17.4 Å². The number of nitrogens with one attached hydrogen (secondary N) is 1. The van der Waals surface area contributed by atoms with Gasteiger partial charge in [0.2, 0.25) is 10.0 Å². The first-order valence-corrected chi connectivity index (χ1v) is 9.21. The lowest BCUT2D eigenvalue weighted by molar-refractivity contribution is -0.134. The van der Waals surface area contributed by atoms with E-state index in [-0.39, 0.29) is 0 Å². The Kier molecular flexibility index (Phi) is 6.99. The topological polar surface area (TPSA) is 46.2 Å². The maximum atomic E-state index is 12.0. The molecule has 21 heavy (non-hydrogen) atoms. The molecule has 0 saturated carbocycles. The van der Waals surface area contributed by atoms with Crippen molar-refractivity contribution in [1.82, 2.24) is 0 Å². The molecule has 0 spiro atoms. The van der Waals surface area contributed by atoms with Crippen LogP contribution in [0.5, 0.6) is 0 Å². The van der Waals surface area contributed by atoms with Crippen molar-refractivity contribution >= 4 is 31.6 Å². The molecule has 8 heteroatoms. The largest absolute Gasteiger partial charge is 0.389 e. The van der Waals surface area contributed by atoms with Crippen LogP contribution in [0.1, 0.15) is 24.8 Å². The Labute approximate surface area is 131 Å². The van der Waals surface area contributed by atoms with Crippen LogP contribution in [0.2, 0.25) is 0 Å². The third-order valence-electron chi connectivity index (χ3n) is 2.67. The second kappa shape index (κ2) is 8.03. The van der Waals surface area contributed by atoms with Crippen LogP contribution in [0.4, 0.5) is 18.9 Å². The van der Waals surface area contributed by atoms with Gasteiger partial charge >= 0.3 is 6.18 Å². The third kappa shape index (κ3) is 8.31. The summed E-state index contributed by atoms with van der Waals surface area (Å²) < 4.78 is 61.8. The number of alkyl halides is 4. The molecule has 0 aliphatic heterocycles. The minimum absolute atomic E-state index is 0.383. The highest BCUT2D eigenvalue weighted by molar-refractivity contribution is 9.09. The Morgan fingerprint density at radius 2 is 1.90 bits per heavy atom. The molecule has 0 atom stereocenters. The molecule has 0 amide bonds. The number of rotatable bonds is 8. The summed E-state index contributed by atoms with van der Waals surface area (Å²) in [6.45, 7) is 0. The highest BCUT2D eigenvalue weighted by Gasteiger charge is 2.27. The van der Waals surface area contributed by atoms with Gasteiger partial charge in [0.1, 0.15) is 0 Å². The van der Waals surface area contributed by atoms with Gasteiger partial charge in [0.05, 0.1) is 5.75 Å². The van der Waals surface area contributed by atoms with Crippen LogP contribution in [0.25, 0.3) is 0 Å². The quantitative estimate of drug-likeness (QED) is 0.682. The van der Waals surface area contributed by atoms with Gasteiger partial charge in [-0.1, -0.05) is 28.1 Å². The molecule has 0 bridgehead atoms. The predicted molar refractivity (Wildman–Crippen MR) is 81.3 cm³/mol. The van der Waals surface area contributed by atoms with Crippen LogP contribution >= 0.6 is 15.9 Å². The second-order valence-electron chi connectivity index (χ2n) is 4.63. The van der Waals surface area contributed by atoms with E-state index in [0.717, 1.165) is 23.7 Å². The van der Waals surface area contributed by atoms with Gasteiger partial charge in [-0.15, -0.1) is 0 Å². The molecule has 1 aromatic rings. The van der Waals surface area contributed by atoms with Crippen LogP contribution in [-0.2, 0) is 16.4 Å². The van der Waals surface area contributed by atoms with Gasteiger partial charge < -0.3 is 0 Å². The van der Waals surface area contributed by atoms with Crippen molar-refractivity contribution in [2.75, 3.05) is 15.8 Å². The van der Waals surface area contributed by atoms with Crippen LogP contribution < -0.4 is 4.72 Å². The highest BCUT2D eigenvalue weighted by Crippen LogP contribution is 2.22. The minimum Gasteiger partial charge on any atom is -0.284 e. The van der Waals surface area contributed by atoms with Crippen molar-refractivity contribution < 1.29 is 21.6 Å². The van der Waals surface area contributed by atoms with E-state index in [9.17, 15) is 21.6 Å². The Balaban J connectivity index is 2.58. The van der Waals surface area contributed by atoms with E-state index in [4.69, 9.17) is 0 Å². The lowest BCUT2D eigenvalue weighted by Gasteiger charge is -2.10. The number of benzene rings is 1. The zero-order chi connectivity index (χ0) is 15.9. The fourth-order valence-corrected chi connectivity index (χ4v) is 3.15. The molecule has 3 nitrogen and oxygen atoms in total. The first kappa shape index (κ1) is 18.3. The number of sulfonamides is 1. The van der Waals surface area contributed by atoms with E-state index in [0.29, 0.717) is 5.69 Å². The van der Waals surface area contributed by atoms with Gasteiger partial charge in [-0.3, -0.25) is 4.72 Å². The number of anilines is 1. The molecule has 0 aromatic heterocycles. The fraction of sp³-hybridized carbons (Fsp3) is 0.538. The molecule has 1 aromatic carbocycles. The summed E-state index contributed by atoms with van der Waals surface area (Å²) in [5.74, 6) is -0.544. The maximum Gasteiger partial charge on any atom is 0.389 e. The van der Waals surface area contributed by atoms with Gasteiger partial charge in [-0.2, -0.15) is 13.2 Å². The zero-order valence-corrected chi connectivity index (χ0v) is 13.7. The fourth-order valence-electron chi connectivity index (χ4n) is 1.75. The van der Waals surface area contributed by atoms with Gasteiger partial charge in [0.15, 0.2) is 0 Å². The molecule has 0 saturated heterocycles. The van der Waals surface area contributed by atoms with Crippen molar-refractivity contribution in [3.63, 3.8) is 0 Å². The number of halogens is 4. The molecule has 120 valence electrons. The van der Waals surface area contributed by atoms with E-state index in [1.54, 1.807) is 18.2 Å². The molecule has 0 heterocycles. The summed E-state index contributed by atoms with van der Waals surface area (Å²) in [6, 6.07) is 6.88. The average molecular weight is 388 g/mol. The normalized spacial score (nSPS) is 12.4. The molecular formula is C13H17BrF3NO2S. The van der Waals surface area contributed by atoms with Crippen molar-refractivity contribution in [3.8, 4) is 0 Å². The highest BCUT2D eigenvalue weighted by atomic mass is 79.9.